The zero-order chi connectivity index (χ0) is 15.6. The van der Waals surface area contributed by atoms with Crippen LogP contribution < -0.4 is 43.7 Å². The number of aryl methyl sites for hydroxylation is 2. The summed E-state index contributed by atoms with van der Waals surface area (Å²) >= 11 is 9.47. The first kappa shape index (κ1) is 19.8. The summed E-state index contributed by atoms with van der Waals surface area (Å²) in [4.78, 5) is 0. The molecule has 2 rings (SSSR count). The summed E-state index contributed by atoms with van der Waals surface area (Å²) in [7, 11) is 0. The second-order valence-corrected chi connectivity index (χ2v) is 9.77. The minimum atomic E-state index is -2.94. The fourth-order valence-electron chi connectivity index (χ4n) is 1.83. The van der Waals surface area contributed by atoms with E-state index in [1.807, 2.05) is 6.92 Å². The summed E-state index contributed by atoms with van der Waals surface area (Å²) < 4.78 is 11.1. The third-order valence-corrected chi connectivity index (χ3v) is 4.32. The van der Waals surface area contributed by atoms with Crippen molar-refractivity contribution < 1.29 is 48.8 Å². The Morgan fingerprint density at radius 1 is 1.00 bits per heavy atom. The molecule has 1 unspecified atom stereocenters. The Hall–Kier alpha value is -0.230. The fourth-order valence-corrected chi connectivity index (χ4v) is 3.70. The van der Waals surface area contributed by atoms with Crippen LogP contribution in [-0.2, 0) is 12.2 Å². The number of thiol groups is 1. The zero-order valence-electron chi connectivity index (χ0n) is 12.4. The van der Waals surface area contributed by atoms with Gasteiger partial charge in [-0.15, -0.1) is 5.75 Å². The van der Waals surface area contributed by atoms with E-state index < -0.39 is 6.12 Å². The van der Waals surface area contributed by atoms with Gasteiger partial charge in [-0.05, 0) is 49.2 Å². The van der Waals surface area contributed by atoms with Crippen LogP contribution >= 0.6 is 18.4 Å². The third kappa shape index (κ3) is 6.11. The number of phenols is 1. The number of hydrogen-bond donors (Lipinski definition) is 2. The van der Waals surface area contributed by atoms with Crippen molar-refractivity contribution in [1.29, 1.82) is 0 Å². The molecule has 0 fully saturated rings. The van der Waals surface area contributed by atoms with Crippen molar-refractivity contribution in [2.24, 2.45) is 0 Å². The Kier molecular flexibility index (Phi) is 7.24. The van der Waals surface area contributed by atoms with Crippen molar-refractivity contribution in [3.8, 4) is 23.0 Å². The van der Waals surface area contributed by atoms with E-state index in [-0.39, 0.29) is 41.1 Å². The first-order valence-corrected chi connectivity index (χ1v) is 9.84. The van der Waals surface area contributed by atoms with E-state index >= 15 is 0 Å². The van der Waals surface area contributed by atoms with Gasteiger partial charge in [0, 0.05) is 6.07 Å². The molecule has 0 bridgehead atoms. The van der Waals surface area contributed by atoms with Gasteiger partial charge in [-0.25, -0.2) is 0 Å². The fraction of sp³-hybridized carbons (Fsp3) is 0.143. The molecule has 1 atom stereocenters. The van der Waals surface area contributed by atoms with Gasteiger partial charge >= 0.3 is 35.7 Å². The Morgan fingerprint density at radius 3 is 2.00 bits per heavy atom. The van der Waals surface area contributed by atoms with Crippen LogP contribution in [0.2, 0.25) is 0 Å². The maximum atomic E-state index is 11.4. The summed E-state index contributed by atoms with van der Waals surface area (Å²) in [5.41, 5.74) is 1.60. The summed E-state index contributed by atoms with van der Waals surface area (Å²) in [5, 5.41) is 21.0. The molecular weight excluding hydrogens is 350 g/mol. The zero-order valence-corrected chi connectivity index (χ0v) is 17.0. The van der Waals surface area contributed by atoms with Gasteiger partial charge in [0.25, 0.3) is 0 Å². The number of hydrogen-bond acceptors (Lipinski definition) is 6. The Bertz CT molecular complexity index is 571. The standard InChI is InChI=1S/C14H15O4PS2.Na/c1-9-3-11(15)7-13(5-9)17-19(20,21)18-14-6-10(2)4-12(16)8-14;/h3-8,15-16H,1-2H3,(H,20,21);/q;+1/p-1. The van der Waals surface area contributed by atoms with E-state index in [4.69, 9.17) is 21.3 Å². The van der Waals surface area contributed by atoms with Crippen LogP contribution in [0.4, 0.5) is 0 Å². The molecule has 8 heteroatoms. The van der Waals surface area contributed by atoms with Crippen molar-refractivity contribution in [3.63, 3.8) is 0 Å². The molecule has 112 valence electrons. The Morgan fingerprint density at radius 2 is 1.50 bits per heavy atom. The monoisotopic (exact) mass is 364 g/mol. The summed E-state index contributed by atoms with van der Waals surface area (Å²) in [6.07, 6.45) is -2.94. The van der Waals surface area contributed by atoms with Crippen molar-refractivity contribution in [2.45, 2.75) is 13.8 Å². The Labute approximate surface area is 163 Å². The van der Waals surface area contributed by atoms with Crippen molar-refractivity contribution in [3.05, 3.63) is 47.5 Å². The van der Waals surface area contributed by atoms with Crippen LogP contribution in [0.1, 0.15) is 11.1 Å². The van der Waals surface area contributed by atoms with Crippen LogP contribution in [0.3, 0.4) is 0 Å². The SMILES string of the molecule is Cc1cc([O-])cc(O[P+]([S-])(S)Oc2cc(C)cc(O)c2)c1.[Na+]. The normalized spacial score (nSPS) is 12.9. The molecule has 1 N–H and O–H groups in total. The number of benzene rings is 2. The summed E-state index contributed by atoms with van der Waals surface area (Å²) in [6, 6.07) is 9.27. The van der Waals surface area contributed by atoms with Crippen LogP contribution in [0, 0.1) is 13.8 Å². The first-order chi connectivity index (χ1) is 9.73. The molecule has 22 heavy (non-hydrogen) atoms. The molecule has 0 aromatic heterocycles. The van der Waals surface area contributed by atoms with Gasteiger partial charge < -0.3 is 31.5 Å². The topological polar surface area (TPSA) is 61.8 Å². The molecule has 0 saturated heterocycles. The quantitative estimate of drug-likeness (QED) is 0.362. The molecule has 2 aromatic carbocycles. The van der Waals surface area contributed by atoms with Gasteiger partial charge in [0.1, 0.15) is 5.75 Å². The molecular formula is C14H14NaO4PS2. The second-order valence-electron chi connectivity index (χ2n) is 4.64. The molecule has 0 amide bonds. The average molecular weight is 364 g/mol. The molecule has 0 aliphatic carbocycles. The maximum Gasteiger partial charge on any atom is 1.00 e. The largest absolute Gasteiger partial charge is 1.00 e. The number of phenolic OH excluding ortho intramolecular Hbond substituents is 1. The van der Waals surface area contributed by atoms with Gasteiger partial charge in [0.05, 0.1) is 12.2 Å². The van der Waals surface area contributed by atoms with Crippen LogP contribution in [0.5, 0.6) is 23.0 Å². The van der Waals surface area contributed by atoms with E-state index in [1.54, 1.807) is 25.1 Å². The minimum Gasteiger partial charge on any atom is -0.872 e. The van der Waals surface area contributed by atoms with Crippen molar-refractivity contribution in [2.75, 3.05) is 0 Å². The second kappa shape index (κ2) is 8.04. The molecule has 0 aliphatic heterocycles. The smallest absolute Gasteiger partial charge is 0.872 e. The van der Waals surface area contributed by atoms with Gasteiger partial charge in [-0.2, -0.15) is 0 Å². The molecule has 0 aliphatic rings. The molecule has 4 nitrogen and oxygen atoms in total. The molecule has 0 heterocycles. The van der Waals surface area contributed by atoms with Gasteiger partial charge in [-0.1, -0.05) is 6.07 Å². The van der Waals surface area contributed by atoms with Crippen molar-refractivity contribution in [1.82, 2.24) is 0 Å². The predicted molar refractivity (Wildman–Crippen MR) is 88.0 cm³/mol. The summed E-state index contributed by atoms with van der Waals surface area (Å²) in [5.74, 6) is 0.614. The van der Waals surface area contributed by atoms with E-state index in [1.165, 1.54) is 18.2 Å². The maximum absolute atomic E-state index is 11.4. The van der Waals surface area contributed by atoms with E-state index in [9.17, 15) is 10.2 Å². The molecule has 0 radical (unpaired) electrons. The Balaban J connectivity index is 0.00000242. The first-order valence-electron chi connectivity index (χ1n) is 6.05. The molecule has 2 aromatic rings. The van der Waals surface area contributed by atoms with Crippen LogP contribution in [0.25, 0.3) is 0 Å². The van der Waals surface area contributed by atoms with Crippen molar-refractivity contribution >= 4 is 30.6 Å². The minimum absolute atomic E-state index is 0. The van der Waals surface area contributed by atoms with Gasteiger partial charge in [0.2, 0.25) is 0 Å². The van der Waals surface area contributed by atoms with Gasteiger partial charge in [0.15, 0.2) is 11.5 Å². The predicted octanol–water partition coefficient (Wildman–Crippen LogP) is 0.699. The van der Waals surface area contributed by atoms with Gasteiger partial charge in [-0.3, -0.25) is 0 Å². The van der Waals surface area contributed by atoms with Crippen LogP contribution in [-0.4, -0.2) is 5.11 Å². The molecule has 0 spiro atoms. The number of aromatic hydroxyl groups is 1. The number of rotatable bonds is 4. The van der Waals surface area contributed by atoms with Crippen LogP contribution in [0.15, 0.2) is 36.4 Å². The average Bonchev–Trinajstić information content (AvgIpc) is 2.23. The summed E-state index contributed by atoms with van der Waals surface area (Å²) in [6.45, 7) is 3.61. The third-order valence-electron chi connectivity index (χ3n) is 2.50. The molecule has 0 saturated carbocycles. The van der Waals surface area contributed by atoms with E-state index in [0.717, 1.165) is 11.1 Å². The van der Waals surface area contributed by atoms with E-state index in [2.05, 4.69) is 12.2 Å². The van der Waals surface area contributed by atoms with E-state index in [0.29, 0.717) is 11.5 Å².